The number of fused-ring (bicyclic) bond motifs is 1. The van der Waals surface area contributed by atoms with Crippen molar-refractivity contribution in [3.05, 3.63) is 58.5 Å². The molecule has 0 atom stereocenters. The first-order chi connectivity index (χ1) is 15.9. The molecule has 3 N–H and O–H groups in total. The number of carbonyl (C=O) groups excluding carboxylic acids is 3. The number of hydrogen-bond donors (Lipinski definition) is 3. The maximum absolute atomic E-state index is 12.7. The van der Waals surface area contributed by atoms with Crippen LogP contribution in [0.4, 0.5) is 0 Å². The molecule has 0 unspecified atom stereocenters. The smallest absolute Gasteiger partial charge is 0.269 e. The molecule has 0 saturated carbocycles. The molecular weight excluding hydrogens is 466 g/mol. The molecule has 1 fully saturated rings. The molecule has 0 radical (unpaired) electrons. The van der Waals surface area contributed by atoms with Crippen molar-refractivity contribution in [3.63, 3.8) is 0 Å². The average molecular weight is 486 g/mol. The third-order valence-corrected chi connectivity index (χ3v) is 6.16. The minimum absolute atomic E-state index is 0.0509. The van der Waals surface area contributed by atoms with Crippen molar-refractivity contribution in [1.29, 1.82) is 0 Å². The predicted octanol–water partition coefficient (Wildman–Crippen LogP) is 2.56. The first kappa shape index (κ1) is 22.6. The van der Waals surface area contributed by atoms with E-state index >= 15 is 0 Å². The molecular formula is C22H19N3O6S2. The molecule has 33 heavy (non-hydrogen) atoms. The Morgan fingerprint density at radius 3 is 2.79 bits per heavy atom. The molecule has 2 aromatic rings. The van der Waals surface area contributed by atoms with E-state index < -0.39 is 11.8 Å². The molecule has 9 nitrogen and oxygen atoms in total. The number of thioether (sulfide) groups is 1. The molecule has 2 aliphatic heterocycles. The molecule has 4 rings (SSSR count). The molecule has 11 heteroatoms. The number of hydrogen-bond acceptors (Lipinski definition) is 8. The number of amides is 3. The molecule has 2 heterocycles. The summed E-state index contributed by atoms with van der Waals surface area (Å²) in [6, 6.07) is 11.2. The number of ether oxygens (including phenoxy) is 2. The summed E-state index contributed by atoms with van der Waals surface area (Å²) in [5.74, 6) is 0.0532. The van der Waals surface area contributed by atoms with Gasteiger partial charge in [0, 0.05) is 18.5 Å². The van der Waals surface area contributed by atoms with Crippen LogP contribution >= 0.6 is 24.0 Å². The maximum Gasteiger partial charge on any atom is 0.269 e. The first-order valence-electron chi connectivity index (χ1n) is 9.94. The number of rotatable bonds is 6. The topological polar surface area (TPSA) is 117 Å². The van der Waals surface area contributed by atoms with Crippen LogP contribution in [0.15, 0.2) is 47.4 Å². The summed E-state index contributed by atoms with van der Waals surface area (Å²) in [5, 5.41) is 9.41. The molecule has 0 aromatic heterocycles. The van der Waals surface area contributed by atoms with E-state index in [2.05, 4.69) is 10.9 Å². The van der Waals surface area contributed by atoms with Gasteiger partial charge in [0.2, 0.25) is 12.7 Å². The quantitative estimate of drug-likeness (QED) is 0.325. The highest BCUT2D eigenvalue weighted by molar-refractivity contribution is 8.26. The van der Waals surface area contributed by atoms with Crippen LogP contribution in [0.25, 0.3) is 6.08 Å². The maximum atomic E-state index is 12.7. The van der Waals surface area contributed by atoms with Crippen molar-refractivity contribution in [2.24, 2.45) is 0 Å². The van der Waals surface area contributed by atoms with Crippen molar-refractivity contribution < 1.29 is 29.0 Å². The molecule has 170 valence electrons. The summed E-state index contributed by atoms with van der Waals surface area (Å²) in [4.78, 5) is 38.7. The van der Waals surface area contributed by atoms with Crippen molar-refractivity contribution in [2.75, 3.05) is 13.3 Å². The van der Waals surface area contributed by atoms with Gasteiger partial charge in [-0.1, -0.05) is 36.1 Å². The van der Waals surface area contributed by atoms with Gasteiger partial charge in [0.1, 0.15) is 10.1 Å². The summed E-state index contributed by atoms with van der Waals surface area (Å²) in [5.41, 5.74) is 5.60. The van der Waals surface area contributed by atoms with E-state index in [4.69, 9.17) is 21.7 Å². The normalized spacial score (nSPS) is 15.8. The minimum atomic E-state index is -0.551. The molecule has 0 bridgehead atoms. The van der Waals surface area contributed by atoms with Gasteiger partial charge in [0.15, 0.2) is 11.5 Å². The highest BCUT2D eigenvalue weighted by Crippen LogP contribution is 2.36. The van der Waals surface area contributed by atoms with Crippen LogP contribution in [0.2, 0.25) is 0 Å². The zero-order valence-electron chi connectivity index (χ0n) is 17.2. The van der Waals surface area contributed by atoms with Crippen molar-refractivity contribution in [1.82, 2.24) is 15.8 Å². The van der Waals surface area contributed by atoms with Crippen LogP contribution in [0.1, 0.15) is 28.8 Å². The highest BCUT2D eigenvalue weighted by atomic mass is 32.2. The fraction of sp³-hybridized carbons (Fsp3) is 0.182. The Morgan fingerprint density at radius 1 is 1.15 bits per heavy atom. The van der Waals surface area contributed by atoms with Gasteiger partial charge >= 0.3 is 0 Å². The second-order valence-corrected chi connectivity index (χ2v) is 8.78. The lowest BCUT2D eigenvalue weighted by Crippen LogP contribution is -2.41. The standard InChI is InChI=1S/C22H19N3O6S2/c26-15-4-1-3-14(11-15)20(28)24-23-19(27)5-2-8-25-21(29)18(33-22(25)32)10-13-6-7-16-17(9-13)31-12-30-16/h1,3-4,6-7,9-11,26H,2,5,8,12H2,(H,23,27)(H,24,28)/b18-10-. The number of nitrogens with zero attached hydrogens (tertiary/aromatic N) is 1. The summed E-state index contributed by atoms with van der Waals surface area (Å²) in [6.07, 6.45) is 2.18. The first-order valence-corrected chi connectivity index (χ1v) is 11.2. The van der Waals surface area contributed by atoms with Gasteiger partial charge in [-0.25, -0.2) is 0 Å². The largest absolute Gasteiger partial charge is 0.508 e. The van der Waals surface area contributed by atoms with E-state index in [9.17, 15) is 19.5 Å². The second-order valence-electron chi connectivity index (χ2n) is 7.10. The van der Waals surface area contributed by atoms with Gasteiger partial charge in [-0.05, 0) is 48.4 Å². The number of hydrazine groups is 1. The van der Waals surface area contributed by atoms with Gasteiger partial charge in [-0.3, -0.25) is 30.1 Å². The van der Waals surface area contributed by atoms with Crippen molar-refractivity contribution in [2.45, 2.75) is 12.8 Å². The zero-order chi connectivity index (χ0) is 23.4. The van der Waals surface area contributed by atoms with Crippen molar-refractivity contribution in [3.8, 4) is 17.2 Å². The Labute approximate surface area is 198 Å². The lowest BCUT2D eigenvalue weighted by atomic mass is 10.2. The number of thiocarbonyl (C=S) groups is 1. The van der Waals surface area contributed by atoms with E-state index in [1.807, 2.05) is 6.07 Å². The van der Waals surface area contributed by atoms with E-state index in [1.165, 1.54) is 40.9 Å². The highest BCUT2D eigenvalue weighted by Gasteiger charge is 2.31. The van der Waals surface area contributed by atoms with Gasteiger partial charge < -0.3 is 14.6 Å². The van der Waals surface area contributed by atoms with E-state index in [0.29, 0.717) is 27.1 Å². The zero-order valence-corrected chi connectivity index (χ0v) is 18.8. The van der Waals surface area contributed by atoms with Crippen LogP contribution < -0.4 is 20.3 Å². The Balaban J connectivity index is 1.25. The summed E-state index contributed by atoms with van der Waals surface area (Å²) < 4.78 is 11.1. The van der Waals surface area contributed by atoms with Crippen LogP contribution in [-0.4, -0.2) is 45.4 Å². The third kappa shape index (κ3) is 5.44. The molecule has 0 spiro atoms. The second kappa shape index (κ2) is 9.92. The molecule has 0 aliphatic carbocycles. The number of benzene rings is 2. The van der Waals surface area contributed by atoms with Crippen molar-refractivity contribution >= 4 is 52.1 Å². The Kier molecular flexibility index (Phi) is 6.80. The van der Waals surface area contributed by atoms with Gasteiger partial charge in [0.05, 0.1) is 4.91 Å². The summed E-state index contributed by atoms with van der Waals surface area (Å²) in [6.45, 7) is 0.449. The SMILES string of the molecule is O=C(CCCN1C(=O)/C(=C/c2ccc3c(c2)OCO3)SC1=S)NNC(=O)c1cccc(O)c1. The van der Waals surface area contributed by atoms with Crippen LogP contribution in [-0.2, 0) is 9.59 Å². The summed E-state index contributed by atoms with van der Waals surface area (Å²) in [7, 11) is 0. The average Bonchev–Trinajstić information content (AvgIpc) is 3.36. The number of phenolic OH excluding ortho intramolecular Hbond substituents is 1. The number of aromatic hydroxyl groups is 1. The van der Waals surface area contributed by atoms with E-state index in [0.717, 1.165) is 5.56 Å². The fourth-order valence-corrected chi connectivity index (χ4v) is 4.46. The number of nitrogens with one attached hydrogen (secondary N) is 2. The predicted molar refractivity (Wildman–Crippen MR) is 125 cm³/mol. The number of phenols is 1. The van der Waals surface area contributed by atoms with E-state index in [1.54, 1.807) is 18.2 Å². The lowest BCUT2D eigenvalue weighted by molar-refractivity contribution is -0.124. The minimum Gasteiger partial charge on any atom is -0.508 e. The van der Waals surface area contributed by atoms with Gasteiger partial charge in [-0.2, -0.15) is 0 Å². The van der Waals surface area contributed by atoms with Gasteiger partial charge in [0.25, 0.3) is 11.8 Å². The number of carbonyl (C=O) groups is 3. The lowest BCUT2D eigenvalue weighted by Gasteiger charge is -2.14. The summed E-state index contributed by atoms with van der Waals surface area (Å²) >= 11 is 6.52. The molecule has 1 saturated heterocycles. The third-order valence-electron chi connectivity index (χ3n) is 4.78. The monoisotopic (exact) mass is 485 g/mol. The van der Waals surface area contributed by atoms with Crippen LogP contribution in [0.5, 0.6) is 17.2 Å². The molecule has 2 aliphatic rings. The Morgan fingerprint density at radius 2 is 1.97 bits per heavy atom. The fourth-order valence-electron chi connectivity index (χ4n) is 3.15. The Bertz CT molecular complexity index is 1170. The Hall–Kier alpha value is -3.57. The molecule has 2 aromatic carbocycles. The van der Waals surface area contributed by atoms with Crippen LogP contribution in [0.3, 0.4) is 0 Å². The van der Waals surface area contributed by atoms with Gasteiger partial charge in [-0.15, -0.1) is 0 Å². The van der Waals surface area contributed by atoms with E-state index in [-0.39, 0.29) is 37.0 Å². The van der Waals surface area contributed by atoms with Crippen LogP contribution in [0, 0.1) is 0 Å². The molecule has 3 amide bonds.